The average Bonchev–Trinajstić information content (AvgIpc) is 2.99. The molecule has 1 atom stereocenters. The van der Waals surface area contributed by atoms with Gasteiger partial charge in [0, 0.05) is 9.75 Å². The van der Waals surface area contributed by atoms with E-state index < -0.39 is 5.97 Å². The molecule has 0 spiro atoms. The molecule has 1 unspecified atom stereocenters. The molecule has 0 aliphatic rings. The monoisotopic (exact) mass is 279 g/mol. The lowest BCUT2D eigenvalue weighted by Crippen LogP contribution is -2.15. The number of nitrogens with one attached hydrogen (secondary N) is 1. The van der Waals surface area contributed by atoms with Gasteiger partial charge in [0.2, 0.25) is 5.76 Å². The van der Waals surface area contributed by atoms with Gasteiger partial charge in [-0.2, -0.15) is 0 Å². The first-order chi connectivity index (χ1) is 9.06. The van der Waals surface area contributed by atoms with Crippen LogP contribution in [0.3, 0.4) is 0 Å². The molecular weight excluding hydrogens is 262 g/mol. The van der Waals surface area contributed by atoms with E-state index in [1.807, 2.05) is 7.05 Å². The third-order valence-corrected chi connectivity index (χ3v) is 4.27. The van der Waals surface area contributed by atoms with Gasteiger partial charge in [-0.3, -0.25) is 0 Å². The van der Waals surface area contributed by atoms with Crippen molar-refractivity contribution in [3.63, 3.8) is 0 Å². The number of carbonyl (C=O) groups is 1. The van der Waals surface area contributed by atoms with Crippen LogP contribution < -0.4 is 5.32 Å². The van der Waals surface area contributed by atoms with Crippen molar-refractivity contribution in [1.82, 2.24) is 5.32 Å². The molecule has 5 heteroatoms. The van der Waals surface area contributed by atoms with Gasteiger partial charge in [-0.25, -0.2) is 4.79 Å². The van der Waals surface area contributed by atoms with Crippen LogP contribution in [0.2, 0.25) is 0 Å². The predicted molar refractivity (Wildman–Crippen MR) is 74.7 cm³/mol. The Kier molecular flexibility index (Phi) is 4.07. The fourth-order valence-electron chi connectivity index (χ4n) is 1.89. The second-order valence-corrected chi connectivity index (χ2v) is 5.59. The smallest absolute Gasteiger partial charge is 0.373 e. The van der Waals surface area contributed by atoms with Crippen molar-refractivity contribution in [2.75, 3.05) is 14.2 Å². The Balaban J connectivity index is 2.31. The minimum atomic E-state index is -0.459. The van der Waals surface area contributed by atoms with E-state index in [1.165, 1.54) is 22.4 Å². The Morgan fingerprint density at radius 3 is 2.68 bits per heavy atom. The fraction of sp³-hybridized carbons (Fsp3) is 0.357. The molecule has 2 aromatic heterocycles. The van der Waals surface area contributed by atoms with Gasteiger partial charge in [0.15, 0.2) is 0 Å². The molecular formula is C14H17NO3S. The minimum absolute atomic E-state index is 0.0455. The molecule has 0 saturated carbocycles. The van der Waals surface area contributed by atoms with E-state index in [2.05, 4.69) is 30.0 Å². The summed E-state index contributed by atoms with van der Waals surface area (Å²) in [5, 5.41) is 3.21. The Hall–Kier alpha value is -1.59. The lowest BCUT2D eigenvalue weighted by atomic mass is 10.1. The molecule has 19 heavy (non-hydrogen) atoms. The zero-order valence-corrected chi connectivity index (χ0v) is 12.3. The Morgan fingerprint density at radius 1 is 1.42 bits per heavy atom. The minimum Gasteiger partial charge on any atom is -0.463 e. The van der Waals surface area contributed by atoms with Crippen LogP contribution in [0, 0.1) is 13.8 Å². The second kappa shape index (κ2) is 5.59. The highest BCUT2D eigenvalue weighted by Crippen LogP contribution is 2.31. The van der Waals surface area contributed by atoms with Crippen molar-refractivity contribution in [3.8, 4) is 0 Å². The topological polar surface area (TPSA) is 51.5 Å². The maximum absolute atomic E-state index is 11.4. The maximum Gasteiger partial charge on any atom is 0.373 e. The summed E-state index contributed by atoms with van der Waals surface area (Å²) in [7, 11) is 3.21. The molecule has 0 saturated heterocycles. The van der Waals surface area contributed by atoms with Gasteiger partial charge in [0.05, 0.1) is 7.11 Å². The van der Waals surface area contributed by atoms with Crippen LogP contribution in [0.5, 0.6) is 0 Å². The van der Waals surface area contributed by atoms with E-state index in [0.717, 1.165) is 0 Å². The van der Waals surface area contributed by atoms with Gasteiger partial charge in [0.1, 0.15) is 11.8 Å². The summed E-state index contributed by atoms with van der Waals surface area (Å²) < 4.78 is 10.2. The van der Waals surface area contributed by atoms with Crippen molar-refractivity contribution in [2.24, 2.45) is 0 Å². The first kappa shape index (κ1) is 13.8. The van der Waals surface area contributed by atoms with E-state index in [9.17, 15) is 4.79 Å². The van der Waals surface area contributed by atoms with Gasteiger partial charge in [0.25, 0.3) is 0 Å². The fourth-order valence-corrected chi connectivity index (χ4v) is 3.05. The number of furan rings is 1. The zero-order chi connectivity index (χ0) is 14.0. The number of thiophene rings is 1. The normalized spacial score (nSPS) is 12.4. The molecule has 0 amide bonds. The Morgan fingerprint density at radius 2 is 2.16 bits per heavy atom. The lowest BCUT2D eigenvalue weighted by molar-refractivity contribution is 0.0562. The lowest BCUT2D eigenvalue weighted by Gasteiger charge is -2.11. The van der Waals surface area contributed by atoms with Crippen LogP contribution in [-0.2, 0) is 4.74 Å². The summed E-state index contributed by atoms with van der Waals surface area (Å²) in [5.41, 5.74) is 1.26. The number of methoxy groups -OCH3 is 1. The first-order valence-electron chi connectivity index (χ1n) is 5.99. The van der Waals surface area contributed by atoms with E-state index in [4.69, 9.17) is 4.42 Å². The van der Waals surface area contributed by atoms with Crippen molar-refractivity contribution in [3.05, 3.63) is 45.0 Å². The van der Waals surface area contributed by atoms with Crippen LogP contribution in [0.15, 0.2) is 22.6 Å². The highest BCUT2D eigenvalue weighted by atomic mass is 32.1. The standard InChI is InChI=1S/C14H17NO3S/c1-8-7-12(19-9(8)2)13(15-3)10-5-6-11(18-10)14(16)17-4/h5-7,13,15H,1-4H3. The molecule has 2 heterocycles. The molecule has 0 bridgehead atoms. The first-order valence-corrected chi connectivity index (χ1v) is 6.80. The van der Waals surface area contributed by atoms with Crippen molar-refractivity contribution in [2.45, 2.75) is 19.9 Å². The number of hydrogen-bond acceptors (Lipinski definition) is 5. The second-order valence-electron chi connectivity index (χ2n) is 4.30. The van der Waals surface area contributed by atoms with Crippen LogP contribution in [-0.4, -0.2) is 20.1 Å². The van der Waals surface area contributed by atoms with Crippen LogP contribution in [0.4, 0.5) is 0 Å². The highest BCUT2D eigenvalue weighted by molar-refractivity contribution is 7.12. The highest BCUT2D eigenvalue weighted by Gasteiger charge is 2.20. The van der Waals surface area contributed by atoms with Crippen LogP contribution >= 0.6 is 11.3 Å². The third-order valence-electron chi connectivity index (χ3n) is 3.06. The van der Waals surface area contributed by atoms with E-state index in [0.29, 0.717) is 5.76 Å². The molecule has 0 radical (unpaired) electrons. The van der Waals surface area contributed by atoms with E-state index in [-0.39, 0.29) is 11.8 Å². The number of carbonyl (C=O) groups excluding carboxylic acids is 1. The summed E-state index contributed by atoms with van der Waals surface area (Å²) in [6.07, 6.45) is 0. The maximum atomic E-state index is 11.4. The summed E-state index contributed by atoms with van der Waals surface area (Å²) in [5.74, 6) is 0.478. The Bertz CT molecular complexity index is 566. The quantitative estimate of drug-likeness (QED) is 0.874. The van der Waals surface area contributed by atoms with Gasteiger partial charge >= 0.3 is 5.97 Å². The molecule has 4 nitrogen and oxygen atoms in total. The summed E-state index contributed by atoms with van der Waals surface area (Å²) in [4.78, 5) is 13.9. The van der Waals surface area contributed by atoms with Crippen LogP contribution in [0.25, 0.3) is 0 Å². The van der Waals surface area contributed by atoms with Crippen molar-refractivity contribution >= 4 is 17.3 Å². The summed E-state index contributed by atoms with van der Waals surface area (Å²) in [6, 6.07) is 5.54. The van der Waals surface area contributed by atoms with E-state index >= 15 is 0 Å². The van der Waals surface area contributed by atoms with Crippen molar-refractivity contribution < 1.29 is 13.9 Å². The van der Waals surface area contributed by atoms with E-state index in [1.54, 1.807) is 23.5 Å². The number of aryl methyl sites for hydroxylation is 2. The SMILES string of the molecule is CNC(c1ccc(C(=O)OC)o1)c1cc(C)c(C)s1. The molecule has 0 aliphatic carbocycles. The van der Waals surface area contributed by atoms with Gasteiger partial charge in [-0.15, -0.1) is 11.3 Å². The number of rotatable bonds is 4. The molecule has 0 aromatic carbocycles. The molecule has 1 N–H and O–H groups in total. The molecule has 0 aliphatic heterocycles. The largest absolute Gasteiger partial charge is 0.463 e. The summed E-state index contributed by atoms with van der Waals surface area (Å²) >= 11 is 1.73. The third kappa shape index (κ3) is 2.72. The average molecular weight is 279 g/mol. The van der Waals surface area contributed by atoms with Crippen molar-refractivity contribution in [1.29, 1.82) is 0 Å². The molecule has 102 valence electrons. The zero-order valence-electron chi connectivity index (χ0n) is 11.4. The predicted octanol–water partition coefficient (Wildman–Crippen LogP) is 3.05. The molecule has 2 rings (SSSR count). The number of hydrogen-bond donors (Lipinski definition) is 1. The van der Waals surface area contributed by atoms with Crippen LogP contribution in [0.1, 0.15) is 37.7 Å². The summed E-state index contributed by atoms with van der Waals surface area (Å²) in [6.45, 7) is 4.18. The van der Waals surface area contributed by atoms with Gasteiger partial charge in [-0.05, 0) is 44.7 Å². The molecule has 0 fully saturated rings. The molecule has 2 aromatic rings. The number of ether oxygens (including phenoxy) is 1. The Labute approximate surface area is 116 Å². The van der Waals surface area contributed by atoms with Gasteiger partial charge < -0.3 is 14.5 Å². The number of esters is 1. The van der Waals surface area contributed by atoms with Gasteiger partial charge in [-0.1, -0.05) is 0 Å².